The topological polar surface area (TPSA) is 66.8 Å². The lowest BCUT2D eigenvalue weighted by Crippen LogP contribution is -2.50. The lowest BCUT2D eigenvalue weighted by molar-refractivity contribution is -0.150. The molecule has 0 unspecified atom stereocenters. The highest BCUT2D eigenvalue weighted by molar-refractivity contribution is 5.83. The van der Waals surface area contributed by atoms with Gasteiger partial charge in [0.25, 0.3) is 0 Å². The molecule has 1 aromatic rings. The van der Waals surface area contributed by atoms with Crippen LogP contribution >= 0.6 is 0 Å². The summed E-state index contributed by atoms with van der Waals surface area (Å²) in [7, 11) is 0. The van der Waals surface area contributed by atoms with Crippen LogP contribution in [0.15, 0.2) is 30.3 Å². The Balaban J connectivity index is 1.56. The first-order valence-electron chi connectivity index (χ1n) is 9.71. The van der Waals surface area contributed by atoms with Crippen molar-refractivity contribution in [1.82, 2.24) is 4.90 Å². The summed E-state index contributed by atoms with van der Waals surface area (Å²) < 4.78 is 5.89. The molecule has 3 rings (SSSR count). The van der Waals surface area contributed by atoms with Crippen molar-refractivity contribution in [3.05, 3.63) is 35.9 Å². The van der Waals surface area contributed by atoms with E-state index in [4.69, 9.17) is 4.74 Å². The summed E-state index contributed by atoms with van der Waals surface area (Å²) in [4.78, 5) is 26.3. The first-order chi connectivity index (χ1) is 12.5. The van der Waals surface area contributed by atoms with Gasteiger partial charge in [0.05, 0.1) is 11.5 Å². The number of likely N-dealkylation sites (tertiary alicyclic amines) is 1. The van der Waals surface area contributed by atoms with Crippen molar-refractivity contribution in [2.75, 3.05) is 19.7 Å². The van der Waals surface area contributed by atoms with Crippen molar-refractivity contribution >= 4 is 11.9 Å². The summed E-state index contributed by atoms with van der Waals surface area (Å²) in [6.07, 6.45) is 5.68. The van der Waals surface area contributed by atoms with Gasteiger partial charge in [-0.1, -0.05) is 50.1 Å². The van der Waals surface area contributed by atoms with Gasteiger partial charge in [-0.25, -0.2) is 0 Å². The second kappa shape index (κ2) is 8.21. The number of amides is 1. The molecular formula is C21H29NO4. The number of nitrogens with zero attached hydrogens (tertiary/aromatic N) is 1. The Bertz CT molecular complexity index is 622. The number of carbonyl (C=O) groups is 2. The zero-order valence-corrected chi connectivity index (χ0v) is 15.5. The number of hydrogen-bond donors (Lipinski definition) is 1. The van der Waals surface area contributed by atoms with Gasteiger partial charge in [-0.3, -0.25) is 9.59 Å². The van der Waals surface area contributed by atoms with Gasteiger partial charge in [0.2, 0.25) is 5.91 Å². The number of aliphatic carboxylic acids is 1. The van der Waals surface area contributed by atoms with Crippen molar-refractivity contribution in [2.24, 2.45) is 5.92 Å². The Morgan fingerprint density at radius 2 is 1.81 bits per heavy atom. The monoisotopic (exact) mass is 359 g/mol. The van der Waals surface area contributed by atoms with E-state index in [2.05, 4.69) is 6.92 Å². The Labute approximate surface area is 155 Å². The fraction of sp³-hybridized carbons (Fsp3) is 0.619. The van der Waals surface area contributed by atoms with Gasteiger partial charge in [-0.15, -0.1) is 0 Å². The summed E-state index contributed by atoms with van der Waals surface area (Å²) in [5.41, 5.74) is -0.0663. The van der Waals surface area contributed by atoms with Crippen LogP contribution in [0.5, 0.6) is 0 Å². The summed E-state index contributed by atoms with van der Waals surface area (Å²) in [6, 6.07) is 9.38. The van der Waals surface area contributed by atoms with E-state index < -0.39 is 11.4 Å². The van der Waals surface area contributed by atoms with Crippen molar-refractivity contribution in [3.8, 4) is 0 Å². The van der Waals surface area contributed by atoms with Crippen molar-refractivity contribution in [2.45, 2.75) is 57.0 Å². The zero-order chi connectivity index (χ0) is 18.6. The molecule has 142 valence electrons. The largest absolute Gasteiger partial charge is 0.481 e. The Kier molecular flexibility index (Phi) is 5.97. The quantitative estimate of drug-likeness (QED) is 0.876. The maximum Gasteiger partial charge on any atom is 0.314 e. The molecule has 0 aromatic heterocycles. The Morgan fingerprint density at radius 3 is 2.42 bits per heavy atom. The molecule has 2 fully saturated rings. The van der Waals surface area contributed by atoms with E-state index in [-0.39, 0.29) is 18.6 Å². The van der Waals surface area contributed by atoms with Crippen LogP contribution in [0.3, 0.4) is 0 Å². The second-order valence-electron chi connectivity index (χ2n) is 7.75. The van der Waals surface area contributed by atoms with Gasteiger partial charge < -0.3 is 14.7 Å². The van der Waals surface area contributed by atoms with E-state index in [9.17, 15) is 14.7 Å². The number of piperidine rings is 1. The molecular weight excluding hydrogens is 330 g/mol. The normalized spacial score (nSPS) is 25.7. The van der Waals surface area contributed by atoms with E-state index in [1.807, 2.05) is 30.3 Å². The van der Waals surface area contributed by atoms with Crippen molar-refractivity contribution < 1.29 is 19.4 Å². The van der Waals surface area contributed by atoms with Crippen LogP contribution in [-0.4, -0.2) is 47.7 Å². The SMILES string of the molecule is C[C@H]1CCCC[C@H]1OCC(=O)N1CCC(C(=O)O)(c2ccccc2)CC1. The van der Waals surface area contributed by atoms with Crippen LogP contribution in [0, 0.1) is 5.92 Å². The van der Waals surface area contributed by atoms with Gasteiger partial charge in [0.1, 0.15) is 6.61 Å². The first kappa shape index (κ1) is 18.9. The molecule has 1 aliphatic carbocycles. The van der Waals surface area contributed by atoms with Crippen molar-refractivity contribution in [3.63, 3.8) is 0 Å². The van der Waals surface area contributed by atoms with Crippen LogP contribution in [-0.2, 0) is 19.7 Å². The molecule has 1 N–H and O–H groups in total. The third-order valence-electron chi connectivity index (χ3n) is 6.16. The predicted octanol–water partition coefficient (Wildman–Crippen LogP) is 3.23. The average molecular weight is 359 g/mol. The van der Waals surface area contributed by atoms with Crippen LogP contribution in [0.25, 0.3) is 0 Å². The molecule has 2 atom stereocenters. The molecule has 1 saturated heterocycles. The van der Waals surface area contributed by atoms with E-state index in [1.54, 1.807) is 4.90 Å². The fourth-order valence-electron chi connectivity index (χ4n) is 4.32. The highest BCUT2D eigenvalue weighted by Crippen LogP contribution is 2.36. The zero-order valence-electron chi connectivity index (χ0n) is 15.5. The minimum absolute atomic E-state index is 0.0187. The molecule has 1 amide bonds. The molecule has 0 spiro atoms. The minimum atomic E-state index is -0.892. The third-order valence-corrected chi connectivity index (χ3v) is 6.16. The highest BCUT2D eigenvalue weighted by atomic mass is 16.5. The summed E-state index contributed by atoms with van der Waals surface area (Å²) >= 11 is 0. The standard InChI is InChI=1S/C21H29NO4/c1-16-7-5-6-10-18(16)26-15-19(23)22-13-11-21(12-14-22,20(24)25)17-8-3-2-4-9-17/h2-4,8-9,16,18H,5-7,10-15H2,1H3,(H,24,25)/t16-,18+/m0/s1. The molecule has 1 heterocycles. The van der Waals surface area contributed by atoms with E-state index in [0.717, 1.165) is 12.0 Å². The molecule has 0 bridgehead atoms. The van der Waals surface area contributed by atoms with Gasteiger partial charge in [-0.05, 0) is 37.2 Å². The van der Waals surface area contributed by atoms with Gasteiger partial charge >= 0.3 is 5.97 Å². The molecule has 2 aliphatic rings. The molecule has 26 heavy (non-hydrogen) atoms. The number of carboxylic acids is 1. The highest BCUT2D eigenvalue weighted by Gasteiger charge is 2.43. The van der Waals surface area contributed by atoms with Crippen LogP contribution in [0.2, 0.25) is 0 Å². The van der Waals surface area contributed by atoms with Crippen LogP contribution in [0.4, 0.5) is 0 Å². The smallest absolute Gasteiger partial charge is 0.314 e. The lowest BCUT2D eigenvalue weighted by Gasteiger charge is -2.39. The van der Waals surface area contributed by atoms with Gasteiger partial charge in [0.15, 0.2) is 0 Å². The maximum absolute atomic E-state index is 12.5. The van der Waals surface area contributed by atoms with E-state index in [1.165, 1.54) is 19.3 Å². The number of ether oxygens (including phenoxy) is 1. The third kappa shape index (κ3) is 3.93. The number of carbonyl (C=O) groups excluding carboxylic acids is 1. The average Bonchev–Trinajstić information content (AvgIpc) is 2.67. The van der Waals surface area contributed by atoms with Gasteiger partial charge in [0, 0.05) is 13.1 Å². The van der Waals surface area contributed by atoms with Crippen LogP contribution < -0.4 is 0 Å². The summed E-state index contributed by atoms with van der Waals surface area (Å²) in [5, 5.41) is 9.84. The number of rotatable bonds is 5. The number of benzene rings is 1. The van der Waals surface area contributed by atoms with E-state index >= 15 is 0 Å². The van der Waals surface area contributed by atoms with E-state index in [0.29, 0.717) is 31.8 Å². The molecule has 1 saturated carbocycles. The summed E-state index contributed by atoms with van der Waals surface area (Å²) in [5.74, 6) is -0.312. The lowest BCUT2D eigenvalue weighted by atomic mass is 9.73. The first-order valence-corrected chi connectivity index (χ1v) is 9.71. The van der Waals surface area contributed by atoms with Crippen LogP contribution in [0.1, 0.15) is 51.0 Å². The molecule has 1 aromatic carbocycles. The Hall–Kier alpha value is -1.88. The van der Waals surface area contributed by atoms with Gasteiger partial charge in [-0.2, -0.15) is 0 Å². The molecule has 1 aliphatic heterocycles. The Morgan fingerprint density at radius 1 is 1.15 bits per heavy atom. The van der Waals surface area contributed by atoms with Crippen molar-refractivity contribution in [1.29, 1.82) is 0 Å². The fourth-order valence-corrected chi connectivity index (χ4v) is 4.32. The minimum Gasteiger partial charge on any atom is -0.481 e. The number of carboxylic acid groups (broad SMARTS) is 1. The molecule has 0 radical (unpaired) electrons. The number of hydrogen-bond acceptors (Lipinski definition) is 3. The summed E-state index contributed by atoms with van der Waals surface area (Å²) in [6.45, 7) is 3.23. The predicted molar refractivity (Wildman–Crippen MR) is 98.9 cm³/mol. The maximum atomic E-state index is 12.5. The molecule has 5 nitrogen and oxygen atoms in total. The molecule has 5 heteroatoms. The second-order valence-corrected chi connectivity index (χ2v) is 7.75.